The number of hydrogen-bond donors (Lipinski definition) is 0. The number of ketones is 1. The van der Waals surface area contributed by atoms with Gasteiger partial charge in [0, 0.05) is 43.2 Å². The van der Waals surface area contributed by atoms with Crippen LogP contribution < -0.4 is 0 Å². The first-order valence-electron chi connectivity index (χ1n) is 14.4. The van der Waals surface area contributed by atoms with E-state index in [-0.39, 0.29) is 24.8 Å². The summed E-state index contributed by atoms with van der Waals surface area (Å²) >= 11 is 6.14. The van der Waals surface area contributed by atoms with Crippen LogP contribution in [0.4, 0.5) is 0 Å². The molecule has 3 nitrogen and oxygen atoms in total. The summed E-state index contributed by atoms with van der Waals surface area (Å²) in [4.78, 5) is 18.1. The molecule has 0 amide bonds. The van der Waals surface area contributed by atoms with Gasteiger partial charge in [-0.3, -0.25) is 14.6 Å². The molecule has 216 valence electrons. The molecule has 2 aliphatic heterocycles. The van der Waals surface area contributed by atoms with Gasteiger partial charge >= 0.3 is 0 Å². The predicted octanol–water partition coefficient (Wildman–Crippen LogP) is 8.36. The van der Waals surface area contributed by atoms with E-state index in [1.807, 2.05) is 12.1 Å². The molecule has 0 aliphatic carbocycles. The van der Waals surface area contributed by atoms with Crippen molar-refractivity contribution in [2.24, 2.45) is 5.92 Å². The zero-order chi connectivity index (χ0) is 26.3. The quantitative estimate of drug-likeness (QED) is 0.230. The number of benzene rings is 3. The number of carbonyl (C=O) groups excluding carboxylic acids is 1. The highest BCUT2D eigenvalue weighted by molar-refractivity contribution is 6.30. The van der Waals surface area contributed by atoms with E-state index >= 15 is 0 Å². The average molecular weight is 602 g/mol. The van der Waals surface area contributed by atoms with Crippen molar-refractivity contribution in [1.29, 1.82) is 0 Å². The highest BCUT2D eigenvalue weighted by atomic mass is 35.5. The second kappa shape index (κ2) is 15.9. The Morgan fingerprint density at radius 1 is 0.825 bits per heavy atom. The molecular formula is C34H43Cl3N2O. The van der Waals surface area contributed by atoms with Crippen LogP contribution in [0.3, 0.4) is 0 Å². The Kier molecular flexibility index (Phi) is 13.0. The Morgan fingerprint density at radius 2 is 1.55 bits per heavy atom. The minimum absolute atomic E-state index is 0. The number of piperidine rings is 1. The van der Waals surface area contributed by atoms with Gasteiger partial charge < -0.3 is 0 Å². The van der Waals surface area contributed by atoms with Crippen LogP contribution in [0.25, 0.3) is 0 Å². The second-order valence-electron chi connectivity index (χ2n) is 11.4. The van der Waals surface area contributed by atoms with Crippen molar-refractivity contribution in [2.45, 2.75) is 65.0 Å². The summed E-state index contributed by atoms with van der Waals surface area (Å²) in [5.74, 6) is 1.05. The summed E-state index contributed by atoms with van der Waals surface area (Å²) in [6, 6.07) is 23.4. The lowest BCUT2D eigenvalue weighted by Crippen LogP contribution is -2.33. The first-order chi connectivity index (χ1) is 18.5. The molecule has 0 unspecified atom stereocenters. The largest absolute Gasteiger partial charge is 0.299 e. The Labute approximate surface area is 258 Å². The molecule has 0 bridgehead atoms. The second-order valence-corrected chi connectivity index (χ2v) is 11.8. The number of aryl methyl sites for hydroxylation is 1. The molecule has 2 heterocycles. The third kappa shape index (κ3) is 9.06. The van der Waals surface area contributed by atoms with Crippen LogP contribution >= 0.6 is 36.4 Å². The third-order valence-electron chi connectivity index (χ3n) is 8.60. The van der Waals surface area contributed by atoms with Gasteiger partial charge in [0.15, 0.2) is 5.78 Å². The number of carbonyl (C=O) groups is 1. The fourth-order valence-electron chi connectivity index (χ4n) is 6.15. The summed E-state index contributed by atoms with van der Waals surface area (Å²) in [7, 11) is 0. The Hall–Kier alpha value is -1.88. The Bertz CT molecular complexity index is 1240. The van der Waals surface area contributed by atoms with Crippen molar-refractivity contribution in [3.63, 3.8) is 0 Å². The molecule has 0 radical (unpaired) electrons. The maximum atomic E-state index is 13.1. The molecule has 2 aliphatic rings. The van der Waals surface area contributed by atoms with Gasteiger partial charge in [0.1, 0.15) is 0 Å². The number of nitrogens with zero attached hydrogens (tertiary/aromatic N) is 2. The van der Waals surface area contributed by atoms with E-state index in [0.29, 0.717) is 12.2 Å². The van der Waals surface area contributed by atoms with Gasteiger partial charge in [0.25, 0.3) is 0 Å². The smallest absolute Gasteiger partial charge is 0.162 e. The minimum Gasteiger partial charge on any atom is -0.299 e. The molecule has 0 N–H and O–H groups in total. The fraction of sp³-hybridized carbons (Fsp3) is 0.441. The van der Waals surface area contributed by atoms with Gasteiger partial charge in [-0.05, 0) is 110 Å². The summed E-state index contributed by atoms with van der Waals surface area (Å²) in [5.41, 5.74) is 7.77. The molecule has 5 rings (SSSR count). The van der Waals surface area contributed by atoms with Crippen molar-refractivity contribution < 1.29 is 4.79 Å². The molecular weight excluding hydrogens is 559 g/mol. The molecule has 3 aromatic rings. The highest BCUT2D eigenvalue weighted by Crippen LogP contribution is 2.26. The van der Waals surface area contributed by atoms with E-state index in [1.54, 1.807) is 0 Å². The molecule has 0 spiro atoms. The molecule has 1 fully saturated rings. The number of Topliss-reactive ketones (excluding diaryl/α,β-unsaturated/α-hetero) is 1. The summed E-state index contributed by atoms with van der Waals surface area (Å²) in [5, 5.41) is 0.816. The van der Waals surface area contributed by atoms with Gasteiger partial charge in [-0.1, -0.05) is 60.1 Å². The SMILES string of the molecule is Cc1ccccc1CN1CCc2ccc(C(=O)CCCC3CCN(Cc4cccc(Cl)c4)CC3)cc2CC1.Cl.Cl. The van der Waals surface area contributed by atoms with Gasteiger partial charge in [0.05, 0.1) is 0 Å². The number of hydrogen-bond acceptors (Lipinski definition) is 3. The number of rotatable bonds is 9. The van der Waals surface area contributed by atoms with E-state index < -0.39 is 0 Å². The van der Waals surface area contributed by atoms with Crippen molar-refractivity contribution >= 4 is 42.2 Å². The molecule has 3 aromatic carbocycles. The normalized spacial score (nSPS) is 16.4. The Morgan fingerprint density at radius 3 is 2.30 bits per heavy atom. The topological polar surface area (TPSA) is 23.6 Å². The van der Waals surface area contributed by atoms with Crippen LogP contribution in [0.1, 0.15) is 70.3 Å². The van der Waals surface area contributed by atoms with Crippen LogP contribution in [0.5, 0.6) is 0 Å². The first kappa shape index (κ1) is 32.6. The highest BCUT2D eigenvalue weighted by Gasteiger charge is 2.20. The lowest BCUT2D eigenvalue weighted by molar-refractivity contribution is 0.0974. The molecule has 0 saturated carbocycles. The zero-order valence-electron chi connectivity index (χ0n) is 23.6. The van der Waals surface area contributed by atoms with E-state index in [1.165, 1.54) is 40.7 Å². The Balaban J connectivity index is 0.00000220. The average Bonchev–Trinajstić information content (AvgIpc) is 3.13. The van der Waals surface area contributed by atoms with E-state index in [2.05, 4.69) is 71.3 Å². The zero-order valence-corrected chi connectivity index (χ0v) is 26.0. The van der Waals surface area contributed by atoms with Gasteiger partial charge in [0.2, 0.25) is 0 Å². The number of likely N-dealkylation sites (tertiary alicyclic amines) is 1. The van der Waals surface area contributed by atoms with E-state index in [4.69, 9.17) is 11.6 Å². The van der Waals surface area contributed by atoms with Crippen molar-refractivity contribution in [2.75, 3.05) is 26.2 Å². The van der Waals surface area contributed by atoms with Crippen LogP contribution in [0, 0.1) is 12.8 Å². The molecule has 0 aromatic heterocycles. The van der Waals surface area contributed by atoms with Gasteiger partial charge in [-0.2, -0.15) is 0 Å². The fourth-order valence-corrected chi connectivity index (χ4v) is 6.37. The summed E-state index contributed by atoms with van der Waals surface area (Å²) in [6.07, 6.45) is 7.37. The molecule has 40 heavy (non-hydrogen) atoms. The lowest BCUT2D eigenvalue weighted by atomic mass is 9.90. The third-order valence-corrected chi connectivity index (χ3v) is 8.83. The van der Waals surface area contributed by atoms with Crippen LogP contribution in [0.2, 0.25) is 5.02 Å². The molecule has 6 heteroatoms. The maximum Gasteiger partial charge on any atom is 0.162 e. The predicted molar refractivity (Wildman–Crippen MR) is 172 cm³/mol. The van der Waals surface area contributed by atoms with Gasteiger partial charge in [-0.15, -0.1) is 24.8 Å². The summed E-state index contributed by atoms with van der Waals surface area (Å²) < 4.78 is 0. The van der Waals surface area contributed by atoms with Crippen LogP contribution in [-0.4, -0.2) is 41.8 Å². The minimum atomic E-state index is 0. The molecule has 1 saturated heterocycles. The number of fused-ring (bicyclic) bond motifs is 1. The van der Waals surface area contributed by atoms with Crippen molar-refractivity contribution in [3.05, 3.63) is 105 Å². The number of halogens is 3. The molecule has 0 atom stereocenters. The standard InChI is InChI=1S/C34H41ClN2O.2ClH/c1-26-6-2-3-9-32(26)25-37-20-16-29-12-13-31(23-30(29)17-21-37)34(38)11-5-7-27-14-18-36(19-15-27)24-28-8-4-10-33(35)22-28;;/h2-4,6,8-10,12-13,22-23,27H,5,7,11,14-21,24-25H2,1H3;2*1H. The monoisotopic (exact) mass is 600 g/mol. The van der Waals surface area contributed by atoms with Crippen molar-refractivity contribution in [1.82, 2.24) is 9.80 Å². The van der Waals surface area contributed by atoms with Crippen LogP contribution in [-0.2, 0) is 25.9 Å². The lowest BCUT2D eigenvalue weighted by Gasteiger charge is -2.32. The van der Waals surface area contributed by atoms with E-state index in [9.17, 15) is 4.79 Å². The summed E-state index contributed by atoms with van der Waals surface area (Å²) in [6.45, 7) is 8.58. The first-order valence-corrected chi connectivity index (χ1v) is 14.8. The maximum absolute atomic E-state index is 13.1. The van der Waals surface area contributed by atoms with Crippen LogP contribution in [0.15, 0.2) is 66.7 Å². The van der Waals surface area contributed by atoms with Crippen molar-refractivity contribution in [3.8, 4) is 0 Å². The van der Waals surface area contributed by atoms with Gasteiger partial charge in [-0.25, -0.2) is 0 Å². The van der Waals surface area contributed by atoms with E-state index in [0.717, 1.165) is 81.5 Å².